The minimum Gasteiger partial charge on any atom is -0.444 e. The van der Waals surface area contributed by atoms with E-state index in [0.717, 1.165) is 19.2 Å². The first kappa shape index (κ1) is 40.2. The molecular formula is C37H48ClFN8O7. The van der Waals surface area contributed by atoms with Gasteiger partial charge in [-0.1, -0.05) is 24.3 Å². The second-order valence-electron chi connectivity index (χ2n) is 16.5. The molecule has 2 N–H and O–H groups in total. The largest absolute Gasteiger partial charge is 0.444 e. The SMILES string of the molecule is C=Cc1cc(N2CC[C@](NC(=O)OC(C)(C)C)(C(=O)NC3CC3)C2)c(Cn2cnc3c(N(C(=O)OC(C)(C)C)C(=O)OC(C)(C)C)ncnc32)c(Cl)c1F. The van der Waals surface area contributed by atoms with E-state index in [9.17, 15) is 19.2 Å². The van der Waals surface area contributed by atoms with Crippen molar-refractivity contribution >= 4 is 64.5 Å². The summed E-state index contributed by atoms with van der Waals surface area (Å²) in [6.45, 7) is 19.1. The number of fused-ring (bicyclic) bond motifs is 1. The maximum Gasteiger partial charge on any atom is 0.425 e. The number of ether oxygens (including phenoxy) is 3. The summed E-state index contributed by atoms with van der Waals surface area (Å²) in [5.41, 5.74) is -2.96. The van der Waals surface area contributed by atoms with Crippen LogP contribution in [-0.2, 0) is 25.5 Å². The van der Waals surface area contributed by atoms with E-state index in [1.54, 1.807) is 72.9 Å². The molecule has 17 heteroatoms. The van der Waals surface area contributed by atoms with Crippen LogP contribution in [0.1, 0.15) is 92.7 Å². The highest BCUT2D eigenvalue weighted by Gasteiger charge is 2.49. The van der Waals surface area contributed by atoms with Crippen LogP contribution < -0.4 is 20.4 Å². The Morgan fingerprint density at radius 1 is 1.00 bits per heavy atom. The molecule has 3 aromatic rings. The monoisotopic (exact) mass is 770 g/mol. The van der Waals surface area contributed by atoms with Gasteiger partial charge in [0.2, 0.25) is 5.91 Å². The first-order chi connectivity index (χ1) is 25.0. The molecule has 1 atom stereocenters. The van der Waals surface area contributed by atoms with Gasteiger partial charge in [0.15, 0.2) is 17.0 Å². The van der Waals surface area contributed by atoms with Gasteiger partial charge in [-0.2, -0.15) is 4.90 Å². The van der Waals surface area contributed by atoms with Crippen LogP contribution in [0.25, 0.3) is 17.2 Å². The number of anilines is 2. The molecule has 1 aliphatic heterocycles. The van der Waals surface area contributed by atoms with E-state index in [2.05, 4.69) is 32.2 Å². The molecule has 0 spiro atoms. The van der Waals surface area contributed by atoms with Gasteiger partial charge in [-0.05, 0) is 87.6 Å². The smallest absolute Gasteiger partial charge is 0.425 e. The topological polar surface area (TPSA) is 170 Å². The minimum absolute atomic E-state index is 0.0219. The predicted octanol–water partition coefficient (Wildman–Crippen LogP) is 6.74. The number of benzene rings is 1. The number of nitrogens with one attached hydrogen (secondary N) is 2. The van der Waals surface area contributed by atoms with Crippen LogP contribution in [0.2, 0.25) is 5.02 Å². The molecule has 0 unspecified atom stereocenters. The standard InChI is InChI=1S/C37H48ClFN8O7/c1-11-21-16-24(45-15-14-37(18-45,30(48)43-22-12-13-22)44-31(49)52-34(2,3)4)23(25(38)26(21)39)17-46-20-42-27-28(46)40-19-41-29(27)47(32(50)53-35(5,6)7)33(51)54-36(8,9)10/h11,16,19-20,22H,1,12-15,17-18H2,2-10H3,(H,43,48)(H,44,49)/t37-/m1/s1. The molecule has 5 rings (SSSR count). The lowest BCUT2D eigenvalue weighted by atomic mass is 9.97. The average Bonchev–Trinajstić information content (AvgIpc) is 3.59. The Kier molecular flexibility index (Phi) is 10.9. The number of carbonyl (C=O) groups excluding carboxylic acids is 4. The number of nitrogens with zero attached hydrogens (tertiary/aromatic N) is 6. The lowest BCUT2D eigenvalue weighted by Crippen LogP contribution is -2.61. The fourth-order valence-electron chi connectivity index (χ4n) is 5.84. The molecule has 54 heavy (non-hydrogen) atoms. The third kappa shape index (κ3) is 9.20. The zero-order valence-corrected chi connectivity index (χ0v) is 32.9. The molecule has 1 aromatic carbocycles. The van der Waals surface area contributed by atoms with Crippen molar-refractivity contribution < 1.29 is 37.8 Å². The average molecular weight is 771 g/mol. The molecule has 292 valence electrons. The molecule has 1 aliphatic carbocycles. The summed E-state index contributed by atoms with van der Waals surface area (Å²) >= 11 is 6.77. The van der Waals surface area contributed by atoms with Gasteiger partial charge in [0.25, 0.3) is 0 Å². The number of halogens is 2. The first-order valence-electron chi connectivity index (χ1n) is 17.6. The van der Waals surface area contributed by atoms with Crippen molar-refractivity contribution in [1.29, 1.82) is 0 Å². The highest BCUT2D eigenvalue weighted by molar-refractivity contribution is 6.32. The Bertz CT molecular complexity index is 1950. The summed E-state index contributed by atoms with van der Waals surface area (Å²) in [6.07, 6.45) is 2.97. The van der Waals surface area contributed by atoms with Crippen molar-refractivity contribution in [3.63, 3.8) is 0 Å². The highest BCUT2D eigenvalue weighted by Crippen LogP contribution is 2.38. The van der Waals surface area contributed by atoms with Crippen molar-refractivity contribution in [3.8, 4) is 0 Å². The number of hydrogen-bond acceptors (Lipinski definition) is 11. The third-order valence-corrected chi connectivity index (χ3v) is 8.70. The number of imidazole rings is 1. The van der Waals surface area contributed by atoms with Crippen LogP contribution in [-0.4, -0.2) is 85.2 Å². The minimum atomic E-state index is -1.37. The predicted molar refractivity (Wildman–Crippen MR) is 201 cm³/mol. The number of aromatic nitrogens is 4. The molecule has 2 aromatic heterocycles. The van der Waals surface area contributed by atoms with Crippen molar-refractivity contribution in [2.24, 2.45) is 0 Å². The van der Waals surface area contributed by atoms with Gasteiger partial charge in [-0.3, -0.25) is 4.79 Å². The van der Waals surface area contributed by atoms with Gasteiger partial charge in [0.05, 0.1) is 24.4 Å². The Balaban J connectivity index is 1.55. The molecular weight excluding hydrogens is 723 g/mol. The summed E-state index contributed by atoms with van der Waals surface area (Å²) in [5, 5.41) is 5.64. The second kappa shape index (κ2) is 14.7. The zero-order valence-electron chi connectivity index (χ0n) is 32.1. The molecule has 15 nitrogen and oxygen atoms in total. The second-order valence-corrected chi connectivity index (χ2v) is 16.8. The quantitative estimate of drug-likeness (QED) is 0.233. The van der Waals surface area contributed by atoms with Crippen LogP contribution in [0.15, 0.2) is 25.3 Å². The van der Waals surface area contributed by atoms with E-state index in [0.29, 0.717) is 16.2 Å². The van der Waals surface area contributed by atoms with Crippen molar-refractivity contribution in [3.05, 3.63) is 47.3 Å². The zero-order chi connectivity index (χ0) is 40.0. The fraction of sp³-hybridized carbons (Fsp3) is 0.541. The molecule has 2 aliphatic rings. The van der Waals surface area contributed by atoms with Crippen molar-refractivity contribution in [2.45, 2.75) is 117 Å². The number of amides is 4. The number of alkyl carbamates (subject to hydrolysis) is 1. The van der Waals surface area contributed by atoms with E-state index in [1.807, 2.05) is 4.90 Å². The number of imide groups is 1. The summed E-state index contributed by atoms with van der Waals surface area (Å²) in [7, 11) is 0. The van der Waals surface area contributed by atoms with Gasteiger partial charge in [0.1, 0.15) is 34.5 Å². The van der Waals surface area contributed by atoms with Gasteiger partial charge in [-0.15, -0.1) is 0 Å². The molecule has 0 bridgehead atoms. The molecule has 2 fully saturated rings. The van der Waals surface area contributed by atoms with E-state index in [4.69, 9.17) is 25.8 Å². The molecule has 4 amide bonds. The Morgan fingerprint density at radius 2 is 1.61 bits per heavy atom. The van der Waals surface area contributed by atoms with Crippen LogP contribution in [0, 0.1) is 5.82 Å². The number of carbonyl (C=O) groups is 4. The number of hydrogen-bond donors (Lipinski definition) is 2. The summed E-state index contributed by atoms with van der Waals surface area (Å²) in [5.74, 6) is -1.25. The summed E-state index contributed by atoms with van der Waals surface area (Å²) < 4.78 is 33.9. The highest BCUT2D eigenvalue weighted by atomic mass is 35.5. The van der Waals surface area contributed by atoms with Gasteiger partial charge < -0.3 is 34.3 Å². The van der Waals surface area contributed by atoms with Crippen LogP contribution in [0.5, 0.6) is 0 Å². The molecule has 3 heterocycles. The van der Waals surface area contributed by atoms with Gasteiger partial charge in [-0.25, -0.2) is 33.7 Å². The summed E-state index contributed by atoms with van der Waals surface area (Å²) in [4.78, 5) is 69.2. The Morgan fingerprint density at radius 3 is 2.17 bits per heavy atom. The molecule has 0 radical (unpaired) electrons. The molecule has 1 saturated carbocycles. The lowest BCUT2D eigenvalue weighted by Gasteiger charge is -2.32. The van der Waals surface area contributed by atoms with Crippen molar-refractivity contribution in [1.82, 2.24) is 30.2 Å². The van der Waals surface area contributed by atoms with E-state index < -0.39 is 46.4 Å². The van der Waals surface area contributed by atoms with Crippen LogP contribution in [0.3, 0.4) is 0 Å². The first-order valence-corrected chi connectivity index (χ1v) is 18.0. The normalized spacial score (nSPS) is 17.6. The third-order valence-electron chi connectivity index (χ3n) is 8.30. The molecule has 1 saturated heterocycles. The number of rotatable bonds is 8. The lowest BCUT2D eigenvalue weighted by molar-refractivity contribution is -0.127. The Hall–Kier alpha value is -4.99. The van der Waals surface area contributed by atoms with E-state index >= 15 is 4.39 Å². The van der Waals surface area contributed by atoms with Gasteiger partial charge in [0, 0.05) is 29.4 Å². The fourth-order valence-corrected chi connectivity index (χ4v) is 6.11. The van der Waals surface area contributed by atoms with Crippen LogP contribution in [0.4, 0.5) is 30.3 Å². The van der Waals surface area contributed by atoms with Crippen molar-refractivity contribution in [2.75, 3.05) is 22.9 Å². The van der Waals surface area contributed by atoms with Gasteiger partial charge >= 0.3 is 18.3 Å². The van der Waals surface area contributed by atoms with Crippen LogP contribution >= 0.6 is 11.6 Å². The Labute approximate surface area is 318 Å². The van der Waals surface area contributed by atoms with E-state index in [-0.39, 0.29) is 65.6 Å². The maximum absolute atomic E-state index is 15.7. The van der Waals surface area contributed by atoms with E-state index in [1.165, 1.54) is 12.4 Å². The maximum atomic E-state index is 15.7. The summed E-state index contributed by atoms with van der Waals surface area (Å²) in [6, 6.07) is 1.60.